The summed E-state index contributed by atoms with van der Waals surface area (Å²) in [6.07, 6.45) is 1.77. The Balaban J connectivity index is 1.42. The predicted octanol–water partition coefficient (Wildman–Crippen LogP) is 3.15. The van der Waals surface area contributed by atoms with Gasteiger partial charge in [-0.2, -0.15) is 5.10 Å². The number of aromatic nitrogens is 2. The van der Waals surface area contributed by atoms with E-state index in [0.29, 0.717) is 18.7 Å². The number of methoxy groups -OCH3 is 1. The zero-order valence-corrected chi connectivity index (χ0v) is 16.2. The van der Waals surface area contributed by atoms with Crippen molar-refractivity contribution in [2.75, 3.05) is 38.2 Å². The summed E-state index contributed by atoms with van der Waals surface area (Å²) in [5.41, 5.74) is 3.81. The molecular weight excluding hydrogens is 352 g/mol. The van der Waals surface area contributed by atoms with Gasteiger partial charge in [-0.25, -0.2) is 4.68 Å². The zero-order valence-electron chi connectivity index (χ0n) is 16.2. The van der Waals surface area contributed by atoms with Crippen LogP contribution in [0, 0.1) is 6.92 Å². The highest BCUT2D eigenvalue weighted by Gasteiger charge is 2.23. The maximum atomic E-state index is 12.9. The fourth-order valence-corrected chi connectivity index (χ4v) is 3.61. The highest BCUT2D eigenvalue weighted by atomic mass is 16.5. The van der Waals surface area contributed by atoms with Crippen LogP contribution in [0.5, 0.6) is 5.75 Å². The van der Waals surface area contributed by atoms with E-state index in [1.807, 2.05) is 65.0 Å². The second kappa shape index (κ2) is 7.76. The van der Waals surface area contributed by atoms with Crippen molar-refractivity contribution in [3.05, 3.63) is 72.1 Å². The molecule has 0 unspecified atom stereocenters. The first kappa shape index (κ1) is 18.1. The molecule has 1 amide bonds. The van der Waals surface area contributed by atoms with Gasteiger partial charge in [-0.15, -0.1) is 0 Å². The van der Waals surface area contributed by atoms with Crippen LogP contribution in [0.25, 0.3) is 5.69 Å². The molecule has 1 aromatic heterocycles. The number of piperazine rings is 1. The number of aryl methyl sites for hydroxylation is 1. The number of anilines is 1. The SMILES string of the molecule is COc1ccccc1N1CCN(C(=O)c2ccc(-n3nccc3C)cc2)CC1. The summed E-state index contributed by atoms with van der Waals surface area (Å²) in [5.74, 6) is 0.940. The monoisotopic (exact) mass is 376 g/mol. The first-order chi connectivity index (χ1) is 13.7. The number of rotatable bonds is 4. The number of benzene rings is 2. The lowest BCUT2D eigenvalue weighted by molar-refractivity contribution is 0.0746. The number of hydrogen-bond acceptors (Lipinski definition) is 4. The molecule has 0 bridgehead atoms. The van der Waals surface area contributed by atoms with E-state index < -0.39 is 0 Å². The Morgan fingerprint density at radius 1 is 0.964 bits per heavy atom. The minimum atomic E-state index is 0.0726. The maximum absolute atomic E-state index is 12.9. The van der Waals surface area contributed by atoms with Crippen LogP contribution in [0.4, 0.5) is 5.69 Å². The van der Waals surface area contributed by atoms with Crippen LogP contribution in [0.1, 0.15) is 16.1 Å². The Labute approximate surface area is 164 Å². The first-order valence-corrected chi connectivity index (χ1v) is 9.45. The molecule has 2 aromatic carbocycles. The van der Waals surface area contributed by atoms with Gasteiger partial charge in [0.1, 0.15) is 5.75 Å². The normalized spacial score (nSPS) is 14.2. The number of ether oxygens (including phenoxy) is 1. The topological polar surface area (TPSA) is 50.6 Å². The quantitative estimate of drug-likeness (QED) is 0.702. The van der Waals surface area contributed by atoms with E-state index in [2.05, 4.69) is 16.1 Å². The van der Waals surface area contributed by atoms with Crippen LogP contribution in [-0.2, 0) is 0 Å². The molecule has 0 atom stereocenters. The van der Waals surface area contributed by atoms with E-state index in [4.69, 9.17) is 4.74 Å². The molecule has 1 aliphatic rings. The van der Waals surface area contributed by atoms with E-state index in [1.54, 1.807) is 13.3 Å². The van der Waals surface area contributed by atoms with E-state index in [1.165, 1.54) is 0 Å². The second-order valence-corrected chi connectivity index (χ2v) is 6.88. The van der Waals surface area contributed by atoms with Crippen molar-refractivity contribution < 1.29 is 9.53 Å². The number of carbonyl (C=O) groups excluding carboxylic acids is 1. The molecule has 0 aliphatic carbocycles. The Kier molecular flexibility index (Phi) is 5.02. The Bertz CT molecular complexity index is 957. The predicted molar refractivity (Wildman–Crippen MR) is 109 cm³/mol. The highest BCUT2D eigenvalue weighted by Crippen LogP contribution is 2.28. The van der Waals surface area contributed by atoms with Gasteiger partial charge in [0.25, 0.3) is 5.91 Å². The minimum absolute atomic E-state index is 0.0726. The van der Waals surface area contributed by atoms with Gasteiger partial charge < -0.3 is 14.5 Å². The third kappa shape index (κ3) is 3.45. The summed E-state index contributed by atoms with van der Waals surface area (Å²) in [7, 11) is 1.69. The van der Waals surface area contributed by atoms with Crippen LogP contribution in [0.3, 0.4) is 0 Å². The van der Waals surface area contributed by atoms with Crippen LogP contribution >= 0.6 is 0 Å². The van der Waals surface area contributed by atoms with E-state index in [9.17, 15) is 4.79 Å². The molecule has 3 aromatic rings. The van der Waals surface area contributed by atoms with Crippen molar-refractivity contribution in [2.45, 2.75) is 6.92 Å². The maximum Gasteiger partial charge on any atom is 0.253 e. The van der Waals surface area contributed by atoms with Gasteiger partial charge in [0.05, 0.1) is 18.5 Å². The van der Waals surface area contributed by atoms with Gasteiger partial charge in [-0.3, -0.25) is 4.79 Å². The number of nitrogens with zero attached hydrogens (tertiary/aromatic N) is 4. The largest absolute Gasteiger partial charge is 0.495 e. The molecule has 0 radical (unpaired) electrons. The molecule has 6 heteroatoms. The summed E-state index contributed by atoms with van der Waals surface area (Å²) in [5, 5.41) is 4.31. The van der Waals surface area contributed by atoms with Crippen LogP contribution < -0.4 is 9.64 Å². The van der Waals surface area contributed by atoms with Crippen molar-refractivity contribution >= 4 is 11.6 Å². The molecule has 1 fully saturated rings. The lowest BCUT2D eigenvalue weighted by Crippen LogP contribution is -2.48. The summed E-state index contributed by atoms with van der Waals surface area (Å²) in [6, 6.07) is 17.6. The second-order valence-electron chi connectivity index (χ2n) is 6.88. The summed E-state index contributed by atoms with van der Waals surface area (Å²) in [4.78, 5) is 17.1. The Morgan fingerprint density at radius 3 is 2.32 bits per heavy atom. The summed E-state index contributed by atoms with van der Waals surface area (Å²) < 4.78 is 7.32. The van der Waals surface area contributed by atoms with Gasteiger partial charge in [-0.1, -0.05) is 12.1 Å². The van der Waals surface area contributed by atoms with Crippen molar-refractivity contribution in [3.63, 3.8) is 0 Å². The fourth-order valence-electron chi connectivity index (χ4n) is 3.61. The summed E-state index contributed by atoms with van der Waals surface area (Å²) >= 11 is 0. The zero-order chi connectivity index (χ0) is 19.5. The minimum Gasteiger partial charge on any atom is -0.495 e. The fraction of sp³-hybridized carbons (Fsp3) is 0.273. The van der Waals surface area contributed by atoms with Crippen molar-refractivity contribution in [2.24, 2.45) is 0 Å². The Hall–Kier alpha value is -3.28. The van der Waals surface area contributed by atoms with Crippen LogP contribution in [0.2, 0.25) is 0 Å². The molecule has 0 N–H and O–H groups in total. The van der Waals surface area contributed by atoms with Gasteiger partial charge in [-0.05, 0) is 49.4 Å². The van der Waals surface area contributed by atoms with Crippen molar-refractivity contribution in [1.29, 1.82) is 0 Å². The smallest absolute Gasteiger partial charge is 0.253 e. The molecule has 6 nitrogen and oxygen atoms in total. The van der Waals surface area contributed by atoms with Gasteiger partial charge in [0.2, 0.25) is 0 Å². The van der Waals surface area contributed by atoms with E-state index in [0.717, 1.165) is 35.9 Å². The molecular formula is C22H24N4O2. The number of carbonyl (C=O) groups is 1. The number of para-hydroxylation sites is 2. The lowest BCUT2D eigenvalue weighted by atomic mass is 10.1. The standard InChI is InChI=1S/C22H24N4O2/c1-17-11-12-23-26(17)19-9-7-18(8-10-19)22(27)25-15-13-24(14-16-25)20-5-3-4-6-21(20)28-2/h3-12H,13-16H2,1-2H3. The molecule has 144 valence electrons. The molecule has 2 heterocycles. The summed E-state index contributed by atoms with van der Waals surface area (Å²) in [6.45, 7) is 4.97. The molecule has 28 heavy (non-hydrogen) atoms. The van der Waals surface area contributed by atoms with Crippen LogP contribution in [-0.4, -0.2) is 53.9 Å². The molecule has 1 aliphatic heterocycles. The Morgan fingerprint density at radius 2 is 1.68 bits per heavy atom. The van der Waals surface area contributed by atoms with Crippen LogP contribution in [0.15, 0.2) is 60.8 Å². The van der Waals surface area contributed by atoms with Gasteiger partial charge >= 0.3 is 0 Å². The third-order valence-electron chi connectivity index (χ3n) is 5.18. The average molecular weight is 376 g/mol. The average Bonchev–Trinajstić information content (AvgIpc) is 3.19. The van der Waals surface area contributed by atoms with Crippen molar-refractivity contribution in [1.82, 2.24) is 14.7 Å². The third-order valence-corrected chi connectivity index (χ3v) is 5.18. The molecule has 0 spiro atoms. The number of hydrogen-bond donors (Lipinski definition) is 0. The molecule has 1 saturated heterocycles. The number of amides is 1. The van der Waals surface area contributed by atoms with E-state index in [-0.39, 0.29) is 5.91 Å². The van der Waals surface area contributed by atoms with E-state index >= 15 is 0 Å². The highest BCUT2D eigenvalue weighted by molar-refractivity contribution is 5.94. The first-order valence-electron chi connectivity index (χ1n) is 9.45. The molecule has 4 rings (SSSR count). The molecule has 0 saturated carbocycles. The lowest BCUT2D eigenvalue weighted by Gasteiger charge is -2.36. The van der Waals surface area contributed by atoms with Gasteiger partial charge in [0, 0.05) is 43.6 Å². The van der Waals surface area contributed by atoms with Crippen molar-refractivity contribution in [3.8, 4) is 11.4 Å². The van der Waals surface area contributed by atoms with Gasteiger partial charge in [0.15, 0.2) is 0 Å².